The standard InChI is InChI=1S/C11H10ClNO2/c12-8-4-2-1-3-7(8)9-5-10(15-13-9)11-6-14-11/h1-4,10-11H,5-6H2/t10-,11+/m1/s1. The van der Waals surface area contributed by atoms with Gasteiger partial charge >= 0.3 is 0 Å². The molecule has 0 aromatic heterocycles. The van der Waals surface area contributed by atoms with Crippen LogP contribution in [-0.4, -0.2) is 24.5 Å². The van der Waals surface area contributed by atoms with Crippen molar-refractivity contribution in [2.24, 2.45) is 5.16 Å². The molecule has 2 heterocycles. The summed E-state index contributed by atoms with van der Waals surface area (Å²) in [5.74, 6) is 0. The summed E-state index contributed by atoms with van der Waals surface area (Å²) in [7, 11) is 0. The molecule has 2 atom stereocenters. The van der Waals surface area contributed by atoms with Gasteiger partial charge in [-0.25, -0.2) is 0 Å². The molecule has 3 nitrogen and oxygen atoms in total. The Hall–Kier alpha value is -1.06. The topological polar surface area (TPSA) is 34.1 Å². The number of halogens is 1. The lowest BCUT2D eigenvalue weighted by Crippen LogP contribution is -2.15. The van der Waals surface area contributed by atoms with Gasteiger partial charge in [0.1, 0.15) is 6.10 Å². The van der Waals surface area contributed by atoms with Crippen molar-refractivity contribution in [1.29, 1.82) is 0 Å². The molecule has 0 aliphatic carbocycles. The van der Waals surface area contributed by atoms with Crippen LogP contribution in [0.1, 0.15) is 12.0 Å². The Morgan fingerprint density at radius 3 is 2.80 bits per heavy atom. The fourth-order valence-electron chi connectivity index (χ4n) is 1.72. The van der Waals surface area contributed by atoms with Crippen LogP contribution in [0.25, 0.3) is 0 Å². The van der Waals surface area contributed by atoms with Gasteiger partial charge < -0.3 is 9.57 Å². The Balaban J connectivity index is 1.81. The van der Waals surface area contributed by atoms with E-state index in [1.165, 1.54) is 0 Å². The second-order valence-electron chi connectivity index (χ2n) is 3.74. The zero-order valence-corrected chi connectivity index (χ0v) is 8.78. The summed E-state index contributed by atoms with van der Waals surface area (Å²) in [5.41, 5.74) is 1.88. The second kappa shape index (κ2) is 3.51. The number of epoxide rings is 1. The molecule has 4 heteroatoms. The fraction of sp³-hybridized carbons (Fsp3) is 0.364. The van der Waals surface area contributed by atoms with Crippen LogP contribution < -0.4 is 0 Å². The van der Waals surface area contributed by atoms with Gasteiger partial charge in [-0.05, 0) is 6.07 Å². The number of hydrogen-bond acceptors (Lipinski definition) is 3. The molecule has 1 aromatic carbocycles. The third kappa shape index (κ3) is 1.73. The lowest BCUT2D eigenvalue weighted by atomic mass is 10.0. The number of oxime groups is 1. The van der Waals surface area contributed by atoms with Crippen molar-refractivity contribution in [3.8, 4) is 0 Å². The Bertz CT molecular complexity index is 415. The summed E-state index contributed by atoms with van der Waals surface area (Å²) in [5, 5.41) is 4.78. The van der Waals surface area contributed by atoms with Crippen molar-refractivity contribution < 1.29 is 9.57 Å². The molecule has 0 spiro atoms. The molecule has 78 valence electrons. The predicted octanol–water partition coefficient (Wildman–Crippen LogP) is 2.23. The minimum atomic E-state index is 0.0799. The average molecular weight is 224 g/mol. The van der Waals surface area contributed by atoms with E-state index in [1.807, 2.05) is 24.3 Å². The van der Waals surface area contributed by atoms with Gasteiger partial charge in [0, 0.05) is 17.0 Å². The summed E-state index contributed by atoms with van der Waals surface area (Å²) in [6, 6.07) is 7.68. The minimum absolute atomic E-state index is 0.0799. The maximum atomic E-state index is 6.08. The van der Waals surface area contributed by atoms with Crippen LogP contribution in [0, 0.1) is 0 Å². The zero-order valence-electron chi connectivity index (χ0n) is 8.02. The van der Waals surface area contributed by atoms with Crippen LogP contribution in [0.3, 0.4) is 0 Å². The maximum Gasteiger partial charge on any atom is 0.161 e. The first-order valence-corrected chi connectivity index (χ1v) is 5.31. The monoisotopic (exact) mass is 223 g/mol. The molecule has 0 amide bonds. The van der Waals surface area contributed by atoms with Crippen LogP contribution in [0.5, 0.6) is 0 Å². The first kappa shape index (κ1) is 9.19. The molecular weight excluding hydrogens is 214 g/mol. The van der Waals surface area contributed by atoms with Crippen molar-refractivity contribution >= 4 is 17.3 Å². The number of rotatable bonds is 2. The average Bonchev–Trinajstić information content (AvgIpc) is 2.99. The largest absolute Gasteiger partial charge is 0.389 e. The van der Waals surface area contributed by atoms with E-state index >= 15 is 0 Å². The van der Waals surface area contributed by atoms with E-state index in [1.54, 1.807) is 0 Å². The molecule has 0 N–H and O–H groups in total. The summed E-state index contributed by atoms with van der Waals surface area (Å²) in [6.45, 7) is 0.788. The van der Waals surface area contributed by atoms with Crippen LogP contribution >= 0.6 is 11.6 Å². The van der Waals surface area contributed by atoms with Gasteiger partial charge in [-0.2, -0.15) is 0 Å². The normalized spacial score (nSPS) is 28.5. The Kier molecular flexibility index (Phi) is 2.15. The zero-order chi connectivity index (χ0) is 10.3. The quantitative estimate of drug-likeness (QED) is 0.721. The third-order valence-electron chi connectivity index (χ3n) is 2.65. The van der Waals surface area contributed by atoms with E-state index in [-0.39, 0.29) is 12.2 Å². The third-order valence-corrected chi connectivity index (χ3v) is 2.98. The van der Waals surface area contributed by atoms with Crippen LogP contribution in [0.4, 0.5) is 0 Å². The molecule has 0 unspecified atom stereocenters. The molecule has 0 radical (unpaired) electrons. The fourth-order valence-corrected chi connectivity index (χ4v) is 1.97. The highest BCUT2D eigenvalue weighted by molar-refractivity contribution is 6.34. The van der Waals surface area contributed by atoms with E-state index in [0.717, 1.165) is 29.3 Å². The number of benzene rings is 1. The molecule has 1 saturated heterocycles. The van der Waals surface area contributed by atoms with Crippen molar-refractivity contribution in [3.63, 3.8) is 0 Å². The van der Waals surface area contributed by atoms with Gasteiger partial charge in [0.15, 0.2) is 6.10 Å². The smallest absolute Gasteiger partial charge is 0.161 e. The molecule has 1 aromatic rings. The van der Waals surface area contributed by atoms with Crippen molar-refractivity contribution in [3.05, 3.63) is 34.9 Å². The van der Waals surface area contributed by atoms with Crippen molar-refractivity contribution in [1.82, 2.24) is 0 Å². The van der Waals surface area contributed by atoms with Gasteiger partial charge in [-0.1, -0.05) is 35.0 Å². The molecule has 3 rings (SSSR count). The first-order valence-electron chi connectivity index (χ1n) is 4.94. The van der Waals surface area contributed by atoms with Gasteiger partial charge in [-0.3, -0.25) is 0 Å². The highest BCUT2D eigenvalue weighted by Crippen LogP contribution is 2.28. The number of nitrogens with zero attached hydrogens (tertiary/aromatic N) is 1. The predicted molar refractivity (Wildman–Crippen MR) is 57.2 cm³/mol. The number of hydrogen-bond donors (Lipinski definition) is 0. The van der Waals surface area contributed by atoms with E-state index in [2.05, 4.69) is 5.16 Å². The Labute approximate surface area is 92.6 Å². The second-order valence-corrected chi connectivity index (χ2v) is 4.14. The first-order chi connectivity index (χ1) is 7.34. The molecule has 2 aliphatic heterocycles. The van der Waals surface area contributed by atoms with Gasteiger partial charge in [0.25, 0.3) is 0 Å². The lowest BCUT2D eigenvalue weighted by Gasteiger charge is -2.03. The summed E-state index contributed by atoms with van der Waals surface area (Å²) >= 11 is 6.08. The van der Waals surface area contributed by atoms with Crippen molar-refractivity contribution in [2.45, 2.75) is 18.6 Å². The Morgan fingerprint density at radius 1 is 1.27 bits per heavy atom. The molecule has 2 aliphatic rings. The highest BCUT2D eigenvalue weighted by atomic mass is 35.5. The lowest BCUT2D eigenvalue weighted by molar-refractivity contribution is 0.0627. The van der Waals surface area contributed by atoms with E-state index in [4.69, 9.17) is 21.2 Å². The van der Waals surface area contributed by atoms with E-state index < -0.39 is 0 Å². The van der Waals surface area contributed by atoms with Gasteiger partial charge in [0.05, 0.1) is 12.3 Å². The molecule has 0 saturated carbocycles. The maximum absolute atomic E-state index is 6.08. The molecule has 15 heavy (non-hydrogen) atoms. The number of ether oxygens (including phenoxy) is 1. The summed E-state index contributed by atoms with van der Waals surface area (Å²) in [6.07, 6.45) is 1.10. The van der Waals surface area contributed by atoms with E-state index in [9.17, 15) is 0 Å². The summed E-state index contributed by atoms with van der Waals surface area (Å²) < 4.78 is 5.18. The summed E-state index contributed by atoms with van der Waals surface area (Å²) in [4.78, 5) is 5.30. The highest BCUT2D eigenvalue weighted by Gasteiger charge is 2.39. The van der Waals surface area contributed by atoms with Crippen LogP contribution in [0.2, 0.25) is 5.02 Å². The molecule has 0 bridgehead atoms. The SMILES string of the molecule is Clc1ccccc1C1=NO[C@@H]([C@@H]2CO2)C1. The van der Waals surface area contributed by atoms with Gasteiger partial charge in [-0.15, -0.1) is 0 Å². The van der Waals surface area contributed by atoms with E-state index in [0.29, 0.717) is 0 Å². The Morgan fingerprint density at radius 2 is 2.07 bits per heavy atom. The van der Waals surface area contributed by atoms with Crippen molar-refractivity contribution in [2.75, 3.05) is 6.61 Å². The van der Waals surface area contributed by atoms with Gasteiger partial charge in [0.2, 0.25) is 0 Å². The molecular formula is C11H10ClNO2. The van der Waals surface area contributed by atoms with Crippen LogP contribution in [0.15, 0.2) is 29.4 Å². The van der Waals surface area contributed by atoms with Crippen LogP contribution in [-0.2, 0) is 9.57 Å². The minimum Gasteiger partial charge on any atom is -0.389 e. The molecule has 1 fully saturated rings.